The van der Waals surface area contributed by atoms with E-state index >= 15 is 0 Å². The number of hydrogen-bond donors (Lipinski definition) is 0. The quantitative estimate of drug-likeness (QED) is 0.596. The van der Waals surface area contributed by atoms with Crippen LogP contribution in [0.2, 0.25) is 0 Å². The van der Waals surface area contributed by atoms with Gasteiger partial charge < -0.3 is 9.64 Å². The average Bonchev–Trinajstić information content (AvgIpc) is 2.98. The van der Waals surface area contributed by atoms with Crippen molar-refractivity contribution in [1.82, 2.24) is 4.90 Å². The molecule has 0 N–H and O–H groups in total. The lowest BCUT2D eigenvalue weighted by Crippen LogP contribution is -2.29. The van der Waals surface area contributed by atoms with E-state index in [2.05, 4.69) is 0 Å². The molecule has 25 heavy (non-hydrogen) atoms. The number of hydrogen-bond acceptors (Lipinski definition) is 2. The van der Waals surface area contributed by atoms with Gasteiger partial charge in [-0.3, -0.25) is 4.79 Å². The summed E-state index contributed by atoms with van der Waals surface area (Å²) in [7, 11) is 0. The molecule has 0 aromatic heterocycles. The van der Waals surface area contributed by atoms with E-state index in [-0.39, 0.29) is 31.9 Å². The van der Waals surface area contributed by atoms with Gasteiger partial charge in [0, 0.05) is 25.2 Å². The van der Waals surface area contributed by atoms with Gasteiger partial charge in [-0.25, -0.2) is 0 Å². The van der Waals surface area contributed by atoms with Crippen LogP contribution in [0.25, 0.3) is 0 Å². The zero-order valence-corrected chi connectivity index (χ0v) is 12.9. The first-order valence-electron chi connectivity index (χ1n) is 7.37. The zero-order chi connectivity index (χ0) is 18.7. The summed E-state index contributed by atoms with van der Waals surface area (Å²) in [6.45, 7) is 0.462. The molecule has 0 spiro atoms. The SMILES string of the molecule is O=C(/C=C/C(F)(F)F)N1CCC(OCc2ccc(C(F)(F)F)cc2)C1. The molecular formula is C16H15F6NO2. The number of alkyl halides is 6. The van der Waals surface area contributed by atoms with Crippen LogP contribution in [0.3, 0.4) is 0 Å². The minimum Gasteiger partial charge on any atom is -0.372 e. The van der Waals surface area contributed by atoms with Gasteiger partial charge in [0.2, 0.25) is 5.91 Å². The minimum atomic E-state index is -4.55. The van der Waals surface area contributed by atoms with Crippen molar-refractivity contribution in [2.45, 2.75) is 31.5 Å². The van der Waals surface area contributed by atoms with E-state index in [1.54, 1.807) is 0 Å². The number of nitrogens with zero attached hydrogens (tertiary/aromatic N) is 1. The van der Waals surface area contributed by atoms with Crippen LogP contribution in [-0.2, 0) is 22.3 Å². The first-order chi connectivity index (χ1) is 11.5. The van der Waals surface area contributed by atoms with Crippen molar-refractivity contribution in [1.29, 1.82) is 0 Å². The number of benzene rings is 1. The van der Waals surface area contributed by atoms with E-state index in [0.29, 0.717) is 18.1 Å². The molecule has 1 unspecified atom stereocenters. The minimum absolute atomic E-state index is 0.0588. The van der Waals surface area contributed by atoms with E-state index < -0.39 is 23.8 Å². The number of carbonyl (C=O) groups is 1. The third-order valence-electron chi connectivity index (χ3n) is 3.64. The van der Waals surface area contributed by atoms with Crippen molar-refractivity contribution < 1.29 is 35.9 Å². The monoisotopic (exact) mass is 367 g/mol. The maximum atomic E-state index is 12.5. The van der Waals surface area contributed by atoms with Crippen molar-refractivity contribution in [3.05, 3.63) is 47.5 Å². The van der Waals surface area contributed by atoms with Gasteiger partial charge in [-0.15, -0.1) is 0 Å². The predicted molar refractivity (Wildman–Crippen MR) is 76.4 cm³/mol. The van der Waals surface area contributed by atoms with Gasteiger partial charge in [-0.05, 0) is 24.1 Å². The summed E-state index contributed by atoms with van der Waals surface area (Å²) in [6, 6.07) is 4.50. The van der Waals surface area contributed by atoms with Crippen molar-refractivity contribution in [3.8, 4) is 0 Å². The Hall–Kier alpha value is -2.03. The number of amides is 1. The van der Waals surface area contributed by atoms with Crippen LogP contribution < -0.4 is 0 Å². The summed E-state index contributed by atoms with van der Waals surface area (Å²) in [5.41, 5.74) is -0.222. The predicted octanol–water partition coefficient (Wildman–Crippen LogP) is 3.94. The molecule has 1 aliphatic heterocycles. The van der Waals surface area contributed by atoms with Gasteiger partial charge in [-0.2, -0.15) is 26.3 Å². The highest BCUT2D eigenvalue weighted by atomic mass is 19.4. The third-order valence-corrected chi connectivity index (χ3v) is 3.64. The Labute approximate surface area is 139 Å². The second-order valence-corrected chi connectivity index (χ2v) is 5.58. The number of halogens is 6. The molecule has 138 valence electrons. The Balaban J connectivity index is 1.81. The van der Waals surface area contributed by atoms with Crippen molar-refractivity contribution >= 4 is 5.91 Å². The second-order valence-electron chi connectivity index (χ2n) is 5.58. The van der Waals surface area contributed by atoms with Crippen LogP contribution >= 0.6 is 0 Å². The van der Waals surface area contributed by atoms with E-state index in [4.69, 9.17) is 4.74 Å². The van der Waals surface area contributed by atoms with Gasteiger partial charge in [0.15, 0.2) is 0 Å². The zero-order valence-electron chi connectivity index (χ0n) is 12.9. The van der Waals surface area contributed by atoms with Crippen molar-refractivity contribution in [2.24, 2.45) is 0 Å². The molecule has 1 fully saturated rings. The lowest BCUT2D eigenvalue weighted by Gasteiger charge is -2.15. The molecule has 2 rings (SSSR count). The van der Waals surface area contributed by atoms with E-state index in [1.807, 2.05) is 0 Å². The van der Waals surface area contributed by atoms with Crippen LogP contribution in [0, 0.1) is 0 Å². The molecule has 1 aromatic carbocycles. The molecular weight excluding hydrogens is 352 g/mol. The highest BCUT2D eigenvalue weighted by Crippen LogP contribution is 2.29. The maximum Gasteiger partial charge on any atom is 0.416 e. The maximum absolute atomic E-state index is 12.5. The molecule has 9 heteroatoms. The second kappa shape index (κ2) is 7.47. The number of ether oxygens (including phenoxy) is 1. The van der Waals surface area contributed by atoms with Crippen LogP contribution in [0.15, 0.2) is 36.4 Å². The highest BCUT2D eigenvalue weighted by molar-refractivity contribution is 5.87. The third kappa shape index (κ3) is 6.08. The van der Waals surface area contributed by atoms with Crippen LogP contribution in [-0.4, -0.2) is 36.2 Å². The van der Waals surface area contributed by atoms with Gasteiger partial charge >= 0.3 is 12.4 Å². The van der Waals surface area contributed by atoms with Gasteiger partial charge in [-0.1, -0.05) is 12.1 Å². The number of carbonyl (C=O) groups excluding carboxylic acids is 1. The van der Waals surface area contributed by atoms with E-state index in [0.717, 1.165) is 12.1 Å². The average molecular weight is 367 g/mol. The normalized spacial score (nSPS) is 19.0. The summed E-state index contributed by atoms with van der Waals surface area (Å²) < 4.78 is 79.0. The van der Waals surface area contributed by atoms with Crippen molar-refractivity contribution in [2.75, 3.05) is 13.1 Å². The number of rotatable bonds is 4. The summed E-state index contributed by atoms with van der Waals surface area (Å²) in [4.78, 5) is 12.9. The summed E-state index contributed by atoms with van der Waals surface area (Å²) in [6.07, 6.45) is -8.52. The number of likely N-dealkylation sites (tertiary alicyclic amines) is 1. The Morgan fingerprint density at radius 3 is 2.36 bits per heavy atom. The largest absolute Gasteiger partial charge is 0.416 e. The lowest BCUT2D eigenvalue weighted by molar-refractivity contribution is -0.137. The smallest absolute Gasteiger partial charge is 0.372 e. The van der Waals surface area contributed by atoms with Gasteiger partial charge in [0.05, 0.1) is 18.3 Å². The Kier molecular flexibility index (Phi) is 5.76. The molecule has 1 amide bonds. The first-order valence-corrected chi connectivity index (χ1v) is 7.37. The first kappa shape index (κ1) is 19.3. The molecule has 1 atom stereocenters. The highest BCUT2D eigenvalue weighted by Gasteiger charge is 2.30. The van der Waals surface area contributed by atoms with Crippen LogP contribution in [0.1, 0.15) is 17.5 Å². The fourth-order valence-corrected chi connectivity index (χ4v) is 2.34. The molecule has 0 aliphatic carbocycles. The summed E-state index contributed by atoms with van der Waals surface area (Å²) in [5.74, 6) is -0.752. The molecule has 0 saturated carbocycles. The van der Waals surface area contributed by atoms with Crippen molar-refractivity contribution in [3.63, 3.8) is 0 Å². The standard InChI is InChI=1S/C16H15F6NO2/c17-15(18,19)7-5-14(24)23-8-6-13(9-23)25-10-11-1-3-12(4-2-11)16(20,21)22/h1-5,7,13H,6,8-10H2/b7-5+. The number of allylic oxidation sites excluding steroid dienone is 1. The molecule has 1 heterocycles. The topological polar surface area (TPSA) is 29.5 Å². The molecule has 1 aliphatic rings. The Morgan fingerprint density at radius 2 is 1.80 bits per heavy atom. The molecule has 0 radical (unpaired) electrons. The summed E-state index contributed by atoms with van der Waals surface area (Å²) >= 11 is 0. The Morgan fingerprint density at radius 1 is 1.16 bits per heavy atom. The van der Waals surface area contributed by atoms with Crippen LogP contribution in [0.5, 0.6) is 0 Å². The van der Waals surface area contributed by atoms with Gasteiger partial charge in [0.1, 0.15) is 0 Å². The fourth-order valence-electron chi connectivity index (χ4n) is 2.34. The fraction of sp³-hybridized carbons (Fsp3) is 0.438. The van der Waals surface area contributed by atoms with Crippen LogP contribution in [0.4, 0.5) is 26.3 Å². The van der Waals surface area contributed by atoms with E-state index in [9.17, 15) is 31.1 Å². The molecule has 1 saturated heterocycles. The van der Waals surface area contributed by atoms with Gasteiger partial charge in [0.25, 0.3) is 0 Å². The Bertz CT molecular complexity index is 621. The summed E-state index contributed by atoms with van der Waals surface area (Å²) in [5, 5.41) is 0. The molecule has 1 aromatic rings. The molecule has 0 bridgehead atoms. The molecule has 3 nitrogen and oxygen atoms in total. The van der Waals surface area contributed by atoms with E-state index in [1.165, 1.54) is 17.0 Å². The lowest BCUT2D eigenvalue weighted by atomic mass is 10.1.